The van der Waals surface area contributed by atoms with Crippen LogP contribution in [0.3, 0.4) is 0 Å². The topological polar surface area (TPSA) is 84.4 Å². The van der Waals surface area contributed by atoms with E-state index in [1.807, 2.05) is 5.38 Å². The predicted molar refractivity (Wildman–Crippen MR) is 89.9 cm³/mol. The molecule has 0 fully saturated rings. The molecule has 0 amide bonds. The highest BCUT2D eigenvalue weighted by atomic mass is 79.9. The zero-order valence-electron chi connectivity index (χ0n) is 12.3. The zero-order chi connectivity index (χ0) is 16.9. The number of aryl methyl sites for hydroxylation is 2. The van der Waals surface area contributed by atoms with Crippen molar-refractivity contribution in [3.8, 4) is 0 Å². The third-order valence-electron chi connectivity index (χ3n) is 3.41. The third kappa shape index (κ3) is 3.85. The lowest BCUT2D eigenvalue weighted by Gasteiger charge is -2.04. The molecule has 0 aliphatic carbocycles. The molecule has 3 rings (SSSR count). The molecular weight excluding hydrogens is 399 g/mol. The molecule has 2 aromatic heterocycles. The van der Waals surface area contributed by atoms with Crippen LogP contribution < -0.4 is 0 Å². The lowest BCUT2D eigenvalue weighted by atomic mass is 10.0. The minimum atomic E-state index is -0.353. The van der Waals surface area contributed by atoms with Gasteiger partial charge < -0.3 is 5.21 Å². The van der Waals surface area contributed by atoms with E-state index < -0.39 is 0 Å². The molecule has 0 unspecified atom stereocenters. The predicted octanol–water partition coefficient (Wildman–Crippen LogP) is 3.63. The number of thiazole rings is 1. The van der Waals surface area contributed by atoms with Gasteiger partial charge in [-0.05, 0) is 45.2 Å². The van der Waals surface area contributed by atoms with Crippen molar-refractivity contribution in [1.29, 1.82) is 0 Å². The first-order chi connectivity index (χ1) is 11.7. The highest BCUT2D eigenvalue weighted by Crippen LogP contribution is 2.19. The van der Waals surface area contributed by atoms with Crippen LogP contribution in [0.4, 0.5) is 4.39 Å². The van der Waals surface area contributed by atoms with Crippen LogP contribution >= 0.6 is 27.3 Å². The molecule has 3 aromatic rings. The van der Waals surface area contributed by atoms with E-state index in [2.05, 4.69) is 36.4 Å². The summed E-state index contributed by atoms with van der Waals surface area (Å²) in [4.78, 5) is 4.22. The fraction of sp³-hybridized carbons (Fsp3) is 0.200. The lowest BCUT2D eigenvalue weighted by Crippen LogP contribution is -2.10. The van der Waals surface area contributed by atoms with Crippen LogP contribution in [0.1, 0.15) is 22.6 Å². The van der Waals surface area contributed by atoms with E-state index in [0.717, 1.165) is 11.3 Å². The van der Waals surface area contributed by atoms with Crippen LogP contribution in [0.2, 0.25) is 0 Å². The first kappa shape index (κ1) is 16.7. The number of hydrogen-bond donors (Lipinski definition) is 1. The van der Waals surface area contributed by atoms with E-state index in [9.17, 15) is 9.60 Å². The molecule has 2 heterocycles. The Morgan fingerprint density at radius 2 is 2.21 bits per heavy atom. The Kier molecular flexibility index (Phi) is 5.31. The first-order valence-electron chi connectivity index (χ1n) is 7.01. The van der Waals surface area contributed by atoms with Crippen molar-refractivity contribution in [3.05, 3.63) is 62.0 Å². The van der Waals surface area contributed by atoms with Gasteiger partial charge in [0.15, 0.2) is 5.69 Å². The summed E-state index contributed by atoms with van der Waals surface area (Å²) in [5, 5.41) is 22.3. The number of aromatic nitrogens is 3. The summed E-state index contributed by atoms with van der Waals surface area (Å²) < 4.78 is 18.5. The molecule has 1 aromatic carbocycles. The number of hydrogen-bond acceptors (Lipinski definition) is 7. The number of benzene rings is 1. The molecular formula is C15H12BrFN4O2S. The second-order valence-electron chi connectivity index (χ2n) is 5.01. The number of rotatable bonds is 6. The molecule has 0 aliphatic heterocycles. The zero-order valence-corrected chi connectivity index (χ0v) is 14.7. The molecule has 0 bridgehead atoms. The van der Waals surface area contributed by atoms with Gasteiger partial charge in [-0.1, -0.05) is 16.4 Å². The highest BCUT2D eigenvalue weighted by molar-refractivity contribution is 9.10. The molecule has 0 atom stereocenters. The SMILES string of the molecule is ON=C(Cc1ccc(F)c(Br)c1)c1nonc1CCc1cscn1. The van der Waals surface area contributed by atoms with Gasteiger partial charge in [0.2, 0.25) is 0 Å². The van der Waals surface area contributed by atoms with E-state index in [0.29, 0.717) is 34.4 Å². The number of halogens is 2. The van der Waals surface area contributed by atoms with Crippen molar-refractivity contribution in [2.75, 3.05) is 0 Å². The van der Waals surface area contributed by atoms with Crippen molar-refractivity contribution >= 4 is 33.0 Å². The Labute approximate surface area is 149 Å². The Morgan fingerprint density at radius 1 is 1.33 bits per heavy atom. The van der Waals surface area contributed by atoms with E-state index in [1.54, 1.807) is 17.6 Å². The summed E-state index contributed by atoms with van der Waals surface area (Å²) in [5.74, 6) is -0.353. The second kappa shape index (κ2) is 7.63. The highest BCUT2D eigenvalue weighted by Gasteiger charge is 2.18. The molecule has 0 saturated heterocycles. The third-order valence-corrected chi connectivity index (χ3v) is 4.65. The Balaban J connectivity index is 1.76. The van der Waals surface area contributed by atoms with Crippen molar-refractivity contribution in [2.45, 2.75) is 19.3 Å². The largest absolute Gasteiger partial charge is 0.411 e. The minimum Gasteiger partial charge on any atom is -0.411 e. The Morgan fingerprint density at radius 3 is 2.92 bits per heavy atom. The molecule has 9 heteroatoms. The molecule has 6 nitrogen and oxygen atoms in total. The van der Waals surface area contributed by atoms with Crippen molar-refractivity contribution in [3.63, 3.8) is 0 Å². The maximum absolute atomic E-state index is 13.3. The van der Waals surface area contributed by atoms with Crippen molar-refractivity contribution in [2.24, 2.45) is 5.16 Å². The van der Waals surface area contributed by atoms with Crippen LogP contribution in [0.15, 0.2) is 43.3 Å². The smallest absolute Gasteiger partial charge is 0.156 e. The van der Waals surface area contributed by atoms with E-state index in [-0.39, 0.29) is 12.2 Å². The van der Waals surface area contributed by atoms with Crippen LogP contribution in [0.5, 0.6) is 0 Å². The second-order valence-corrected chi connectivity index (χ2v) is 6.58. The van der Waals surface area contributed by atoms with Gasteiger partial charge in [0, 0.05) is 18.2 Å². The van der Waals surface area contributed by atoms with E-state index in [1.165, 1.54) is 17.4 Å². The van der Waals surface area contributed by atoms with E-state index >= 15 is 0 Å². The number of nitrogens with zero attached hydrogens (tertiary/aromatic N) is 4. The van der Waals surface area contributed by atoms with E-state index in [4.69, 9.17) is 4.63 Å². The summed E-state index contributed by atoms with van der Waals surface area (Å²) in [6.45, 7) is 0. The first-order valence-corrected chi connectivity index (χ1v) is 8.74. The van der Waals surface area contributed by atoms with Crippen molar-refractivity contribution in [1.82, 2.24) is 15.3 Å². The van der Waals surface area contributed by atoms with Gasteiger partial charge in [0.05, 0.1) is 15.7 Å². The van der Waals surface area contributed by atoms with Crippen LogP contribution in [-0.2, 0) is 19.3 Å². The van der Waals surface area contributed by atoms with Crippen molar-refractivity contribution < 1.29 is 14.2 Å². The maximum Gasteiger partial charge on any atom is 0.156 e. The average molecular weight is 411 g/mol. The van der Waals surface area contributed by atoms with Gasteiger partial charge in [0.25, 0.3) is 0 Å². The molecule has 0 spiro atoms. The quantitative estimate of drug-likeness (QED) is 0.381. The summed E-state index contributed by atoms with van der Waals surface area (Å²) in [6, 6.07) is 4.59. The van der Waals surface area contributed by atoms with Gasteiger partial charge >= 0.3 is 0 Å². The minimum absolute atomic E-state index is 0.271. The van der Waals surface area contributed by atoms with Gasteiger partial charge in [-0.15, -0.1) is 11.3 Å². The average Bonchev–Trinajstić information content (AvgIpc) is 3.25. The van der Waals surface area contributed by atoms with Crippen LogP contribution in [-0.4, -0.2) is 26.2 Å². The Bertz CT molecular complexity index is 851. The number of oxime groups is 1. The fourth-order valence-electron chi connectivity index (χ4n) is 2.21. The van der Waals surface area contributed by atoms with Crippen LogP contribution in [0.25, 0.3) is 0 Å². The summed E-state index contributed by atoms with van der Waals surface area (Å²) in [6.07, 6.45) is 1.52. The molecule has 24 heavy (non-hydrogen) atoms. The lowest BCUT2D eigenvalue weighted by molar-refractivity contribution is 0.300. The molecule has 1 N–H and O–H groups in total. The molecule has 0 saturated carbocycles. The fourth-order valence-corrected chi connectivity index (χ4v) is 3.23. The van der Waals surface area contributed by atoms with Gasteiger partial charge in [-0.2, -0.15) is 0 Å². The van der Waals surface area contributed by atoms with Gasteiger partial charge in [-0.3, -0.25) is 0 Å². The molecule has 124 valence electrons. The summed E-state index contributed by atoms with van der Waals surface area (Å²) in [5.41, 5.74) is 4.79. The Hall–Kier alpha value is -2.13. The summed E-state index contributed by atoms with van der Waals surface area (Å²) >= 11 is 4.66. The molecule has 0 aliphatic rings. The normalized spacial score (nSPS) is 11.8. The van der Waals surface area contributed by atoms with Gasteiger partial charge in [0.1, 0.15) is 17.2 Å². The molecule has 0 radical (unpaired) electrons. The summed E-state index contributed by atoms with van der Waals surface area (Å²) in [7, 11) is 0. The van der Waals surface area contributed by atoms with Crippen LogP contribution in [0, 0.1) is 5.82 Å². The van der Waals surface area contributed by atoms with Gasteiger partial charge in [-0.25, -0.2) is 14.0 Å². The monoisotopic (exact) mass is 410 g/mol. The standard InChI is InChI=1S/C15H12BrFN4O2S/c16-11-5-9(1-3-12(11)17)6-14(19-22)15-13(20-23-21-15)4-2-10-7-24-8-18-10/h1,3,5,7-8,22H,2,4,6H2. The maximum atomic E-state index is 13.3.